The second-order valence-electron chi connectivity index (χ2n) is 7.42. The van der Waals surface area contributed by atoms with Gasteiger partial charge in [0, 0.05) is 37.3 Å². The van der Waals surface area contributed by atoms with E-state index in [-0.39, 0.29) is 11.9 Å². The lowest BCUT2D eigenvalue weighted by Crippen LogP contribution is -2.54. The average Bonchev–Trinajstić information content (AvgIpc) is 3.16. The summed E-state index contributed by atoms with van der Waals surface area (Å²) in [6, 6.07) is 4.98. The van der Waals surface area contributed by atoms with Gasteiger partial charge in [-0.1, -0.05) is 6.07 Å². The summed E-state index contributed by atoms with van der Waals surface area (Å²) in [5.41, 5.74) is 1.11. The summed E-state index contributed by atoms with van der Waals surface area (Å²) in [6.45, 7) is 4.32. The minimum Gasteiger partial charge on any atom is -0.353 e. The number of anilines is 2. The lowest BCUT2D eigenvalue weighted by Gasteiger charge is -2.35. The van der Waals surface area contributed by atoms with Crippen molar-refractivity contribution in [2.45, 2.75) is 38.6 Å². The van der Waals surface area contributed by atoms with Crippen LogP contribution >= 0.6 is 11.3 Å². The molecule has 0 bridgehead atoms. The van der Waals surface area contributed by atoms with Crippen molar-refractivity contribution < 1.29 is 9.59 Å². The minimum absolute atomic E-state index is 0.216. The van der Waals surface area contributed by atoms with E-state index in [0.29, 0.717) is 18.2 Å². The maximum atomic E-state index is 12.6. The molecule has 1 atom stereocenters. The van der Waals surface area contributed by atoms with Crippen LogP contribution in [0.3, 0.4) is 0 Å². The van der Waals surface area contributed by atoms with Crippen molar-refractivity contribution in [3.63, 3.8) is 0 Å². The maximum Gasteiger partial charge on any atom is 0.318 e. The Kier molecular flexibility index (Phi) is 5.94. The van der Waals surface area contributed by atoms with E-state index < -0.39 is 6.04 Å². The van der Waals surface area contributed by atoms with Crippen LogP contribution in [0.4, 0.5) is 15.7 Å². The Labute approximate surface area is 174 Å². The number of piperazine rings is 1. The van der Waals surface area contributed by atoms with Crippen LogP contribution in [0.15, 0.2) is 24.4 Å². The molecule has 0 radical (unpaired) electrons. The van der Waals surface area contributed by atoms with E-state index in [9.17, 15) is 9.59 Å². The van der Waals surface area contributed by atoms with Gasteiger partial charge < -0.3 is 20.4 Å². The SMILES string of the molecule is C[C@@H](NC(=O)N1CCN(c2ccccn2)CC1)C(=O)Nc1nc2c(s1)CCCC2. The largest absolute Gasteiger partial charge is 0.353 e. The van der Waals surface area contributed by atoms with Gasteiger partial charge in [-0.25, -0.2) is 14.8 Å². The summed E-state index contributed by atoms with van der Waals surface area (Å²) in [5.74, 6) is 0.683. The molecule has 2 N–H and O–H groups in total. The molecule has 2 aromatic rings. The van der Waals surface area contributed by atoms with Crippen molar-refractivity contribution in [3.8, 4) is 0 Å². The van der Waals surface area contributed by atoms with E-state index in [1.807, 2.05) is 18.2 Å². The summed E-state index contributed by atoms with van der Waals surface area (Å²) in [5, 5.41) is 6.29. The van der Waals surface area contributed by atoms with Crippen LogP contribution in [-0.4, -0.2) is 59.0 Å². The van der Waals surface area contributed by atoms with E-state index in [2.05, 4.69) is 25.5 Å². The number of urea groups is 1. The predicted molar refractivity (Wildman–Crippen MR) is 113 cm³/mol. The van der Waals surface area contributed by atoms with Gasteiger partial charge in [-0.05, 0) is 44.7 Å². The molecular formula is C20H26N6O2S. The number of hydrogen-bond donors (Lipinski definition) is 2. The Bertz CT molecular complexity index is 840. The number of amides is 3. The maximum absolute atomic E-state index is 12.6. The lowest BCUT2D eigenvalue weighted by atomic mass is 10.0. The van der Waals surface area contributed by atoms with E-state index >= 15 is 0 Å². The molecule has 0 aromatic carbocycles. The van der Waals surface area contributed by atoms with Crippen molar-refractivity contribution in [2.24, 2.45) is 0 Å². The van der Waals surface area contributed by atoms with E-state index in [1.165, 1.54) is 11.3 Å². The van der Waals surface area contributed by atoms with Crippen LogP contribution in [0.25, 0.3) is 0 Å². The molecule has 8 nitrogen and oxygen atoms in total. The summed E-state index contributed by atoms with van der Waals surface area (Å²) < 4.78 is 0. The number of nitrogens with one attached hydrogen (secondary N) is 2. The molecule has 1 aliphatic heterocycles. The Hall–Kier alpha value is -2.68. The Morgan fingerprint density at radius 1 is 1.14 bits per heavy atom. The number of nitrogens with zero attached hydrogens (tertiary/aromatic N) is 4. The molecule has 29 heavy (non-hydrogen) atoms. The van der Waals surface area contributed by atoms with Crippen molar-refractivity contribution in [2.75, 3.05) is 36.4 Å². The molecule has 2 aromatic heterocycles. The first-order valence-electron chi connectivity index (χ1n) is 10.1. The fourth-order valence-electron chi connectivity index (χ4n) is 3.64. The number of aromatic nitrogens is 2. The number of aryl methyl sites for hydroxylation is 2. The second-order valence-corrected chi connectivity index (χ2v) is 8.50. The van der Waals surface area contributed by atoms with Crippen LogP contribution in [-0.2, 0) is 17.6 Å². The zero-order valence-corrected chi connectivity index (χ0v) is 17.4. The number of carbonyl (C=O) groups is 2. The topological polar surface area (TPSA) is 90.5 Å². The standard InChI is InChI=1S/C20H26N6O2S/c1-14(18(27)24-19-23-15-6-2-3-7-16(15)29-19)22-20(28)26-12-10-25(11-13-26)17-8-4-5-9-21-17/h4-5,8-9,14H,2-3,6-7,10-13H2,1H3,(H,22,28)(H,23,24,27)/t14-/m1/s1. The van der Waals surface area contributed by atoms with Crippen molar-refractivity contribution >= 4 is 34.2 Å². The highest BCUT2D eigenvalue weighted by Gasteiger charge is 2.25. The Morgan fingerprint density at radius 3 is 2.66 bits per heavy atom. The molecule has 0 unspecified atom stereocenters. The lowest BCUT2D eigenvalue weighted by molar-refractivity contribution is -0.117. The molecule has 3 amide bonds. The highest BCUT2D eigenvalue weighted by molar-refractivity contribution is 7.15. The molecule has 0 spiro atoms. The molecule has 9 heteroatoms. The molecule has 2 aliphatic rings. The first-order chi connectivity index (χ1) is 14.1. The monoisotopic (exact) mass is 414 g/mol. The van der Waals surface area contributed by atoms with Crippen molar-refractivity contribution in [3.05, 3.63) is 35.0 Å². The molecule has 1 aliphatic carbocycles. The van der Waals surface area contributed by atoms with Gasteiger partial charge in [0.25, 0.3) is 0 Å². The van der Waals surface area contributed by atoms with Gasteiger partial charge in [0.2, 0.25) is 5.91 Å². The fraction of sp³-hybridized carbons (Fsp3) is 0.500. The third kappa shape index (κ3) is 4.67. The molecule has 1 fully saturated rings. The predicted octanol–water partition coefficient (Wildman–Crippen LogP) is 2.28. The first kappa shape index (κ1) is 19.6. The summed E-state index contributed by atoms with van der Waals surface area (Å²) in [7, 11) is 0. The van der Waals surface area contributed by atoms with Crippen LogP contribution in [0, 0.1) is 0 Å². The third-order valence-corrected chi connectivity index (χ3v) is 6.42. The quantitative estimate of drug-likeness (QED) is 0.801. The molecule has 0 saturated carbocycles. The van der Waals surface area contributed by atoms with Crippen LogP contribution in [0.5, 0.6) is 0 Å². The third-order valence-electron chi connectivity index (χ3n) is 5.35. The number of carbonyl (C=O) groups excluding carboxylic acids is 2. The van der Waals surface area contributed by atoms with Crippen molar-refractivity contribution in [1.82, 2.24) is 20.2 Å². The Morgan fingerprint density at radius 2 is 1.93 bits per heavy atom. The average molecular weight is 415 g/mol. The Balaban J connectivity index is 1.26. The highest BCUT2D eigenvalue weighted by Crippen LogP contribution is 2.29. The van der Waals surface area contributed by atoms with E-state index in [0.717, 1.165) is 43.9 Å². The zero-order chi connectivity index (χ0) is 20.2. The number of fused-ring (bicyclic) bond motifs is 1. The van der Waals surface area contributed by atoms with E-state index in [4.69, 9.17) is 0 Å². The van der Waals surface area contributed by atoms with Gasteiger partial charge in [0.1, 0.15) is 11.9 Å². The molecule has 1 saturated heterocycles. The van der Waals surface area contributed by atoms with Gasteiger partial charge in [-0.15, -0.1) is 11.3 Å². The normalized spacial score (nSPS) is 17.4. The number of hydrogen-bond acceptors (Lipinski definition) is 6. The summed E-state index contributed by atoms with van der Waals surface area (Å²) in [6.07, 6.45) is 6.14. The highest BCUT2D eigenvalue weighted by atomic mass is 32.1. The molecule has 4 rings (SSSR count). The van der Waals surface area contributed by atoms with Crippen LogP contribution < -0.4 is 15.5 Å². The second kappa shape index (κ2) is 8.77. The van der Waals surface area contributed by atoms with Crippen molar-refractivity contribution in [1.29, 1.82) is 0 Å². The van der Waals surface area contributed by atoms with Crippen LogP contribution in [0.1, 0.15) is 30.3 Å². The van der Waals surface area contributed by atoms with Gasteiger partial charge in [0.15, 0.2) is 5.13 Å². The van der Waals surface area contributed by atoms with E-state index in [1.54, 1.807) is 29.4 Å². The summed E-state index contributed by atoms with van der Waals surface area (Å²) >= 11 is 1.55. The number of rotatable bonds is 4. The van der Waals surface area contributed by atoms with Crippen LogP contribution in [0.2, 0.25) is 0 Å². The fourth-order valence-corrected chi connectivity index (χ4v) is 4.69. The molecule has 154 valence electrons. The van der Waals surface area contributed by atoms with Gasteiger partial charge in [-0.3, -0.25) is 4.79 Å². The number of pyridine rings is 1. The summed E-state index contributed by atoms with van der Waals surface area (Å²) in [4.78, 5) is 39.1. The number of thiazole rings is 1. The van der Waals surface area contributed by atoms with Gasteiger partial charge in [-0.2, -0.15) is 0 Å². The van der Waals surface area contributed by atoms with Gasteiger partial charge >= 0.3 is 6.03 Å². The zero-order valence-electron chi connectivity index (χ0n) is 16.6. The van der Waals surface area contributed by atoms with Gasteiger partial charge in [0.05, 0.1) is 5.69 Å². The first-order valence-corrected chi connectivity index (χ1v) is 10.9. The smallest absolute Gasteiger partial charge is 0.318 e. The molecular weight excluding hydrogens is 388 g/mol. The molecule has 3 heterocycles. The minimum atomic E-state index is -0.628.